The molecule has 1 aromatic carbocycles. The molecule has 0 fully saturated rings. The van der Waals surface area contributed by atoms with Gasteiger partial charge in [-0.2, -0.15) is 0 Å². The summed E-state index contributed by atoms with van der Waals surface area (Å²) < 4.78 is 1.28. The van der Waals surface area contributed by atoms with Gasteiger partial charge in [-0.05, 0) is 18.6 Å². The SMILES string of the molecule is Cc1cccc2scnc12. The Morgan fingerprint density at radius 2 is 2.30 bits per heavy atom. The molecular formula is C8H7NS. The van der Waals surface area contributed by atoms with E-state index in [1.807, 2.05) is 5.51 Å². The molecule has 10 heavy (non-hydrogen) atoms. The highest BCUT2D eigenvalue weighted by molar-refractivity contribution is 7.16. The van der Waals surface area contributed by atoms with Gasteiger partial charge in [-0.1, -0.05) is 12.1 Å². The maximum absolute atomic E-state index is 4.24. The molecule has 0 aliphatic carbocycles. The Morgan fingerprint density at radius 3 is 3.10 bits per heavy atom. The van der Waals surface area contributed by atoms with Crippen LogP contribution in [0, 0.1) is 6.92 Å². The van der Waals surface area contributed by atoms with Gasteiger partial charge in [-0.15, -0.1) is 11.3 Å². The average Bonchev–Trinajstić information content (AvgIpc) is 2.36. The van der Waals surface area contributed by atoms with Gasteiger partial charge < -0.3 is 0 Å². The summed E-state index contributed by atoms with van der Waals surface area (Å²) in [5.74, 6) is 0. The van der Waals surface area contributed by atoms with E-state index < -0.39 is 0 Å². The average molecular weight is 149 g/mol. The van der Waals surface area contributed by atoms with Crippen molar-refractivity contribution in [1.29, 1.82) is 0 Å². The van der Waals surface area contributed by atoms with Crippen molar-refractivity contribution in [2.24, 2.45) is 0 Å². The molecule has 0 unspecified atom stereocenters. The number of benzene rings is 1. The second-order valence-electron chi connectivity index (χ2n) is 2.27. The second-order valence-corrected chi connectivity index (χ2v) is 3.16. The zero-order valence-corrected chi connectivity index (χ0v) is 6.48. The van der Waals surface area contributed by atoms with E-state index >= 15 is 0 Å². The highest BCUT2D eigenvalue weighted by Crippen LogP contribution is 2.19. The normalized spacial score (nSPS) is 10.5. The third-order valence-corrected chi connectivity index (χ3v) is 2.36. The topological polar surface area (TPSA) is 12.9 Å². The first-order chi connectivity index (χ1) is 4.88. The van der Waals surface area contributed by atoms with Crippen LogP contribution in [0.2, 0.25) is 0 Å². The molecule has 0 amide bonds. The largest absolute Gasteiger partial charge is 0.244 e. The van der Waals surface area contributed by atoms with Crippen molar-refractivity contribution in [2.75, 3.05) is 0 Å². The minimum absolute atomic E-state index is 1.15. The summed E-state index contributed by atoms with van der Waals surface area (Å²) in [6, 6.07) is 6.25. The van der Waals surface area contributed by atoms with Gasteiger partial charge in [0.25, 0.3) is 0 Å². The smallest absolute Gasteiger partial charge is 0.0841 e. The van der Waals surface area contributed by atoms with Crippen LogP contribution in [0.4, 0.5) is 0 Å². The number of aryl methyl sites for hydroxylation is 1. The van der Waals surface area contributed by atoms with Gasteiger partial charge in [0.05, 0.1) is 15.7 Å². The summed E-state index contributed by atoms with van der Waals surface area (Å²) in [5, 5.41) is 0. The molecule has 1 heterocycles. The van der Waals surface area contributed by atoms with E-state index in [0.717, 1.165) is 5.52 Å². The molecule has 2 aromatic rings. The third kappa shape index (κ3) is 0.727. The number of fused-ring (bicyclic) bond motifs is 1. The Labute approximate surface area is 63.3 Å². The van der Waals surface area contributed by atoms with Crippen LogP contribution >= 0.6 is 11.3 Å². The quantitative estimate of drug-likeness (QED) is 0.561. The standard InChI is InChI=1S/C8H7NS/c1-6-3-2-4-7-8(6)9-5-10-7/h2-5H,1H3. The number of thiazole rings is 1. The van der Waals surface area contributed by atoms with Crippen LogP contribution in [0.15, 0.2) is 23.7 Å². The molecule has 2 heteroatoms. The summed E-state index contributed by atoms with van der Waals surface area (Å²) in [7, 11) is 0. The summed E-state index contributed by atoms with van der Waals surface area (Å²) in [6.07, 6.45) is 0. The number of nitrogens with zero attached hydrogens (tertiary/aromatic N) is 1. The molecule has 1 nitrogen and oxygen atoms in total. The Morgan fingerprint density at radius 1 is 1.40 bits per heavy atom. The molecule has 0 saturated carbocycles. The molecule has 50 valence electrons. The molecule has 0 N–H and O–H groups in total. The molecule has 0 spiro atoms. The van der Waals surface area contributed by atoms with Gasteiger partial charge in [0.15, 0.2) is 0 Å². The molecule has 2 rings (SSSR count). The first kappa shape index (κ1) is 5.86. The predicted octanol–water partition coefficient (Wildman–Crippen LogP) is 2.60. The second kappa shape index (κ2) is 2.06. The van der Waals surface area contributed by atoms with Gasteiger partial charge in [0.2, 0.25) is 0 Å². The van der Waals surface area contributed by atoms with Gasteiger partial charge in [0, 0.05) is 0 Å². The Balaban J connectivity index is 2.95. The van der Waals surface area contributed by atoms with Crippen molar-refractivity contribution in [3.63, 3.8) is 0 Å². The molecule has 0 bridgehead atoms. The molecule has 1 aromatic heterocycles. The van der Waals surface area contributed by atoms with E-state index in [1.165, 1.54) is 10.3 Å². The first-order valence-electron chi connectivity index (χ1n) is 3.17. The third-order valence-electron chi connectivity index (χ3n) is 1.56. The number of hydrogen-bond acceptors (Lipinski definition) is 2. The zero-order chi connectivity index (χ0) is 6.97. The van der Waals surface area contributed by atoms with Crippen LogP contribution in [0.25, 0.3) is 10.2 Å². The van der Waals surface area contributed by atoms with Gasteiger partial charge >= 0.3 is 0 Å². The van der Waals surface area contributed by atoms with Crippen molar-refractivity contribution in [2.45, 2.75) is 6.92 Å². The van der Waals surface area contributed by atoms with E-state index in [2.05, 4.69) is 30.1 Å². The Kier molecular flexibility index (Phi) is 1.21. The minimum Gasteiger partial charge on any atom is -0.244 e. The van der Waals surface area contributed by atoms with Crippen LogP contribution in [0.5, 0.6) is 0 Å². The van der Waals surface area contributed by atoms with Crippen LogP contribution in [-0.2, 0) is 0 Å². The predicted molar refractivity (Wildman–Crippen MR) is 44.4 cm³/mol. The summed E-state index contributed by atoms with van der Waals surface area (Å²) in [6.45, 7) is 2.09. The van der Waals surface area contributed by atoms with Crippen molar-refractivity contribution in [1.82, 2.24) is 4.98 Å². The zero-order valence-electron chi connectivity index (χ0n) is 5.66. The van der Waals surface area contributed by atoms with Gasteiger partial charge in [0.1, 0.15) is 0 Å². The van der Waals surface area contributed by atoms with Gasteiger partial charge in [-0.25, -0.2) is 4.98 Å². The van der Waals surface area contributed by atoms with Crippen molar-refractivity contribution < 1.29 is 0 Å². The van der Waals surface area contributed by atoms with Crippen LogP contribution in [0.1, 0.15) is 5.56 Å². The minimum atomic E-state index is 1.15. The Hall–Kier alpha value is -0.890. The highest BCUT2D eigenvalue weighted by atomic mass is 32.1. The lowest BCUT2D eigenvalue weighted by Crippen LogP contribution is -1.72. The van der Waals surface area contributed by atoms with Crippen LogP contribution < -0.4 is 0 Å². The van der Waals surface area contributed by atoms with E-state index in [9.17, 15) is 0 Å². The van der Waals surface area contributed by atoms with E-state index in [0.29, 0.717) is 0 Å². The molecule has 0 aliphatic rings. The number of para-hydroxylation sites is 1. The fraction of sp³-hybridized carbons (Fsp3) is 0.125. The Bertz CT molecular complexity index is 351. The molecule has 0 saturated heterocycles. The van der Waals surface area contributed by atoms with Crippen molar-refractivity contribution in [3.05, 3.63) is 29.3 Å². The first-order valence-corrected chi connectivity index (χ1v) is 4.05. The molecule has 0 radical (unpaired) electrons. The lowest BCUT2D eigenvalue weighted by atomic mass is 10.2. The number of aromatic nitrogens is 1. The highest BCUT2D eigenvalue weighted by Gasteiger charge is 1.96. The fourth-order valence-corrected chi connectivity index (χ4v) is 1.78. The van der Waals surface area contributed by atoms with Crippen LogP contribution in [-0.4, -0.2) is 4.98 Å². The summed E-state index contributed by atoms with van der Waals surface area (Å²) >= 11 is 1.69. The van der Waals surface area contributed by atoms with Crippen molar-refractivity contribution in [3.8, 4) is 0 Å². The lowest BCUT2D eigenvalue weighted by molar-refractivity contribution is 1.43. The summed E-state index contributed by atoms with van der Waals surface area (Å²) in [5.41, 5.74) is 4.30. The maximum atomic E-state index is 4.24. The van der Waals surface area contributed by atoms with E-state index in [4.69, 9.17) is 0 Å². The fourth-order valence-electron chi connectivity index (χ4n) is 1.03. The van der Waals surface area contributed by atoms with Gasteiger partial charge in [-0.3, -0.25) is 0 Å². The molecule has 0 aliphatic heterocycles. The lowest BCUT2D eigenvalue weighted by Gasteiger charge is -1.90. The monoisotopic (exact) mass is 149 g/mol. The van der Waals surface area contributed by atoms with Crippen molar-refractivity contribution >= 4 is 21.6 Å². The van der Waals surface area contributed by atoms with Crippen LogP contribution in [0.3, 0.4) is 0 Å². The van der Waals surface area contributed by atoms with E-state index in [1.54, 1.807) is 11.3 Å². The molecular weight excluding hydrogens is 142 g/mol. The number of rotatable bonds is 0. The molecule has 0 atom stereocenters. The number of hydrogen-bond donors (Lipinski definition) is 0. The maximum Gasteiger partial charge on any atom is 0.0841 e. The van der Waals surface area contributed by atoms with E-state index in [-0.39, 0.29) is 0 Å². The summed E-state index contributed by atoms with van der Waals surface area (Å²) in [4.78, 5) is 4.24.